The molecule has 1 aromatic carbocycles. The molecular weight excluding hydrogens is 310 g/mol. The van der Waals surface area contributed by atoms with Gasteiger partial charge in [0.25, 0.3) is 0 Å². The van der Waals surface area contributed by atoms with Crippen LogP contribution in [0.25, 0.3) is 0 Å². The van der Waals surface area contributed by atoms with Crippen molar-refractivity contribution in [3.05, 3.63) is 46.8 Å². The number of carbonyl (C=O) groups is 1. The van der Waals surface area contributed by atoms with Crippen LogP contribution in [0.1, 0.15) is 5.56 Å². The fraction of sp³-hybridized carbons (Fsp3) is 0. The van der Waals surface area contributed by atoms with E-state index >= 15 is 0 Å². The molecule has 0 saturated heterocycles. The van der Waals surface area contributed by atoms with Gasteiger partial charge >= 0.3 is 6.03 Å². The smallest absolute Gasteiger partial charge is 0.308 e. The van der Waals surface area contributed by atoms with E-state index in [0.717, 1.165) is 0 Å². The van der Waals surface area contributed by atoms with E-state index in [0.29, 0.717) is 21.7 Å². The van der Waals surface area contributed by atoms with Gasteiger partial charge in [-0.15, -0.1) is 0 Å². The number of urea groups is 1. The van der Waals surface area contributed by atoms with Crippen molar-refractivity contribution in [2.75, 3.05) is 10.6 Å². The summed E-state index contributed by atoms with van der Waals surface area (Å²) < 4.78 is 0.588. The summed E-state index contributed by atoms with van der Waals surface area (Å²) in [5.41, 5.74) is 1.12. The van der Waals surface area contributed by atoms with E-state index in [4.69, 9.17) is 5.26 Å². The number of aromatic nitrogens is 2. The molecule has 94 valence electrons. The molecule has 7 heteroatoms. The van der Waals surface area contributed by atoms with Crippen LogP contribution in [0.3, 0.4) is 0 Å². The predicted octanol–water partition coefficient (Wildman–Crippen LogP) is 2.75. The van der Waals surface area contributed by atoms with Crippen LogP contribution in [-0.2, 0) is 0 Å². The summed E-state index contributed by atoms with van der Waals surface area (Å²) in [7, 11) is 0. The van der Waals surface area contributed by atoms with Gasteiger partial charge in [-0.2, -0.15) is 5.26 Å². The lowest BCUT2D eigenvalue weighted by atomic mass is 10.2. The zero-order valence-corrected chi connectivity index (χ0v) is 11.2. The number of nitriles is 1. The lowest BCUT2D eigenvalue weighted by Crippen LogP contribution is -2.20. The normalized spacial score (nSPS) is 9.47. The van der Waals surface area contributed by atoms with Gasteiger partial charge in [0.05, 0.1) is 24.0 Å². The summed E-state index contributed by atoms with van der Waals surface area (Å²) in [5, 5.41) is 13.8. The first-order valence-electron chi connectivity index (χ1n) is 5.23. The molecule has 0 aliphatic rings. The van der Waals surface area contributed by atoms with Crippen molar-refractivity contribution in [2.24, 2.45) is 0 Å². The Balaban J connectivity index is 1.97. The van der Waals surface area contributed by atoms with Crippen LogP contribution in [0.15, 0.2) is 41.3 Å². The van der Waals surface area contributed by atoms with Gasteiger partial charge in [0.1, 0.15) is 4.60 Å². The number of benzene rings is 1. The highest BCUT2D eigenvalue weighted by molar-refractivity contribution is 9.10. The fourth-order valence-electron chi connectivity index (χ4n) is 1.28. The van der Waals surface area contributed by atoms with Gasteiger partial charge in [-0.25, -0.2) is 14.8 Å². The van der Waals surface area contributed by atoms with Gasteiger partial charge in [-0.05, 0) is 40.2 Å². The minimum atomic E-state index is -0.429. The van der Waals surface area contributed by atoms with E-state index in [1.165, 1.54) is 12.4 Å². The second kappa shape index (κ2) is 5.93. The van der Waals surface area contributed by atoms with Crippen LogP contribution in [0.2, 0.25) is 0 Å². The van der Waals surface area contributed by atoms with Crippen LogP contribution >= 0.6 is 15.9 Å². The number of nitrogens with one attached hydrogen (secondary N) is 2. The van der Waals surface area contributed by atoms with Gasteiger partial charge in [0.2, 0.25) is 0 Å². The van der Waals surface area contributed by atoms with Crippen LogP contribution in [0.4, 0.5) is 16.3 Å². The Morgan fingerprint density at radius 3 is 2.47 bits per heavy atom. The van der Waals surface area contributed by atoms with Crippen LogP contribution in [0.5, 0.6) is 0 Å². The summed E-state index contributed by atoms with van der Waals surface area (Å²) >= 11 is 3.15. The van der Waals surface area contributed by atoms with E-state index in [-0.39, 0.29) is 0 Å². The topological polar surface area (TPSA) is 90.7 Å². The highest BCUT2D eigenvalue weighted by Crippen LogP contribution is 2.10. The lowest BCUT2D eigenvalue weighted by molar-refractivity contribution is 0.262. The average molecular weight is 318 g/mol. The molecule has 2 rings (SSSR count). The Morgan fingerprint density at radius 1 is 1.16 bits per heavy atom. The molecule has 0 spiro atoms. The number of hydrogen-bond donors (Lipinski definition) is 2. The first-order valence-corrected chi connectivity index (χ1v) is 6.02. The third kappa shape index (κ3) is 3.76. The van der Waals surface area contributed by atoms with Crippen molar-refractivity contribution in [1.82, 2.24) is 9.97 Å². The molecule has 1 aromatic heterocycles. The highest BCUT2D eigenvalue weighted by Gasteiger charge is 2.03. The van der Waals surface area contributed by atoms with E-state index in [9.17, 15) is 4.79 Å². The molecule has 2 aromatic rings. The van der Waals surface area contributed by atoms with Gasteiger partial charge in [0, 0.05) is 5.69 Å². The molecular formula is C12H8BrN5O. The third-order valence-electron chi connectivity index (χ3n) is 2.13. The van der Waals surface area contributed by atoms with Crippen molar-refractivity contribution in [1.29, 1.82) is 5.26 Å². The number of amides is 2. The zero-order chi connectivity index (χ0) is 13.7. The molecule has 0 atom stereocenters. The molecule has 0 radical (unpaired) electrons. The Bertz CT molecular complexity index is 618. The Morgan fingerprint density at radius 2 is 1.89 bits per heavy atom. The monoisotopic (exact) mass is 317 g/mol. The number of rotatable bonds is 2. The summed E-state index contributed by atoms with van der Waals surface area (Å²) in [6.45, 7) is 0. The molecule has 6 nitrogen and oxygen atoms in total. The minimum Gasteiger partial charge on any atom is -0.308 e. The lowest BCUT2D eigenvalue weighted by Gasteiger charge is -2.06. The number of hydrogen-bond acceptors (Lipinski definition) is 4. The van der Waals surface area contributed by atoms with Crippen LogP contribution in [0, 0.1) is 11.3 Å². The standard InChI is InChI=1S/C12H8BrN5O/c13-10-6-16-11(7-15-10)18-12(19)17-9-3-1-8(5-14)2-4-9/h1-4,6-7H,(H2,16,17,18,19). The van der Waals surface area contributed by atoms with Crippen molar-refractivity contribution in [3.63, 3.8) is 0 Å². The highest BCUT2D eigenvalue weighted by atomic mass is 79.9. The first kappa shape index (κ1) is 13.0. The van der Waals surface area contributed by atoms with E-state index in [1.54, 1.807) is 24.3 Å². The van der Waals surface area contributed by atoms with Crippen molar-refractivity contribution in [2.45, 2.75) is 0 Å². The quantitative estimate of drug-likeness (QED) is 0.891. The molecule has 1 heterocycles. The molecule has 0 aliphatic heterocycles. The maximum absolute atomic E-state index is 11.7. The van der Waals surface area contributed by atoms with E-state index in [1.807, 2.05) is 6.07 Å². The molecule has 0 saturated carbocycles. The summed E-state index contributed by atoms with van der Waals surface area (Å²) in [5.74, 6) is 0.342. The number of halogens is 1. The van der Waals surface area contributed by atoms with E-state index in [2.05, 4.69) is 36.5 Å². The predicted molar refractivity (Wildman–Crippen MR) is 73.5 cm³/mol. The van der Waals surface area contributed by atoms with Crippen molar-refractivity contribution >= 4 is 33.5 Å². The largest absolute Gasteiger partial charge is 0.324 e. The third-order valence-corrected chi connectivity index (χ3v) is 2.54. The maximum Gasteiger partial charge on any atom is 0.324 e. The van der Waals surface area contributed by atoms with Crippen LogP contribution in [-0.4, -0.2) is 16.0 Å². The Hall–Kier alpha value is -2.46. The van der Waals surface area contributed by atoms with Gasteiger partial charge in [0.15, 0.2) is 5.82 Å². The fourth-order valence-corrected chi connectivity index (χ4v) is 1.49. The second-order valence-corrected chi connectivity index (χ2v) is 4.31. The molecule has 0 unspecified atom stereocenters. The van der Waals surface area contributed by atoms with E-state index < -0.39 is 6.03 Å². The maximum atomic E-state index is 11.7. The zero-order valence-electron chi connectivity index (χ0n) is 9.59. The Kier molecular flexibility index (Phi) is 4.05. The number of anilines is 2. The minimum absolute atomic E-state index is 0.342. The van der Waals surface area contributed by atoms with Crippen molar-refractivity contribution < 1.29 is 4.79 Å². The average Bonchev–Trinajstić information content (AvgIpc) is 2.42. The molecule has 2 amide bonds. The second-order valence-electron chi connectivity index (χ2n) is 3.49. The van der Waals surface area contributed by atoms with Gasteiger partial charge in [-0.3, -0.25) is 5.32 Å². The first-order chi connectivity index (χ1) is 9.17. The molecule has 19 heavy (non-hydrogen) atoms. The molecule has 0 bridgehead atoms. The van der Waals surface area contributed by atoms with Gasteiger partial charge in [-0.1, -0.05) is 0 Å². The number of nitrogens with zero attached hydrogens (tertiary/aromatic N) is 3. The van der Waals surface area contributed by atoms with Crippen molar-refractivity contribution in [3.8, 4) is 6.07 Å². The SMILES string of the molecule is N#Cc1ccc(NC(=O)Nc2cnc(Br)cn2)cc1. The van der Waals surface area contributed by atoms with Gasteiger partial charge < -0.3 is 5.32 Å². The van der Waals surface area contributed by atoms with Crippen LogP contribution < -0.4 is 10.6 Å². The molecule has 0 fully saturated rings. The summed E-state index contributed by atoms with van der Waals surface area (Å²) in [4.78, 5) is 19.6. The number of carbonyl (C=O) groups excluding carboxylic acids is 1. The molecule has 0 aliphatic carbocycles. The summed E-state index contributed by atoms with van der Waals surface area (Å²) in [6, 6.07) is 8.10. The Labute approximate surface area is 117 Å². The summed E-state index contributed by atoms with van der Waals surface area (Å²) in [6.07, 6.45) is 2.92. The molecule has 2 N–H and O–H groups in total.